The third kappa shape index (κ3) is 3.58. The number of aliphatic hydroxyl groups is 1. The maximum absolute atomic E-state index is 12.2. The lowest BCUT2D eigenvalue weighted by Crippen LogP contribution is -2.41. The predicted molar refractivity (Wildman–Crippen MR) is 55.2 cm³/mol. The Hall–Kier alpha value is -0.920. The summed E-state index contributed by atoms with van der Waals surface area (Å²) in [4.78, 5) is 2.63. The van der Waals surface area contributed by atoms with Crippen LogP contribution in [0.1, 0.15) is 18.7 Å². The minimum atomic E-state index is -4.39. The van der Waals surface area contributed by atoms with Crippen LogP contribution in [-0.2, 0) is 0 Å². The zero-order chi connectivity index (χ0) is 12.3. The lowest BCUT2D eigenvalue weighted by molar-refractivity contribution is -0.159. The van der Waals surface area contributed by atoms with Gasteiger partial charge in [-0.05, 0) is 13.0 Å². The smallest absolute Gasteiger partial charge is 0.374 e. The lowest BCUT2D eigenvalue weighted by atomic mass is 10.2. The minimum Gasteiger partial charge on any atom is -0.374 e. The molecule has 0 bridgehead atoms. The summed E-state index contributed by atoms with van der Waals surface area (Å²) in [6.07, 6.45) is -4.41. The number of aromatic amines is 1. The number of nitrogens with one attached hydrogen (secondary N) is 2. The quantitative estimate of drug-likeness (QED) is 0.571. The molecule has 7 heteroatoms. The first kappa shape index (κ1) is 13.1. The van der Waals surface area contributed by atoms with Crippen molar-refractivity contribution < 1.29 is 18.3 Å². The fourth-order valence-electron chi connectivity index (χ4n) is 1.02. The van der Waals surface area contributed by atoms with Crippen LogP contribution in [0.2, 0.25) is 0 Å². The normalized spacial score (nSPS) is 15.8. The number of alkyl halides is 3. The molecule has 0 amide bonds. The van der Waals surface area contributed by atoms with Crippen molar-refractivity contribution in [2.75, 3.05) is 0 Å². The molecule has 2 atom stereocenters. The molecule has 0 aromatic carbocycles. The Morgan fingerprint density at radius 3 is 2.50 bits per heavy atom. The molecule has 1 aromatic rings. The molecule has 1 rings (SSSR count). The van der Waals surface area contributed by atoms with E-state index in [1.165, 1.54) is 18.3 Å². The van der Waals surface area contributed by atoms with Crippen LogP contribution < -0.4 is 5.32 Å². The maximum Gasteiger partial charge on any atom is 0.403 e. The Morgan fingerprint density at radius 1 is 1.44 bits per heavy atom. The Labute approximate surface area is 95.3 Å². The van der Waals surface area contributed by atoms with E-state index in [0.717, 1.165) is 6.92 Å². The molecule has 1 heterocycles. The molecule has 0 saturated carbocycles. The third-order valence-corrected chi connectivity index (χ3v) is 2.28. The average molecular weight is 252 g/mol. The summed E-state index contributed by atoms with van der Waals surface area (Å²) in [5.41, 5.74) is 0.296. The van der Waals surface area contributed by atoms with E-state index >= 15 is 0 Å². The summed E-state index contributed by atoms with van der Waals surface area (Å²) >= 11 is 4.77. The van der Waals surface area contributed by atoms with Gasteiger partial charge >= 0.3 is 6.18 Å². The zero-order valence-electron chi connectivity index (χ0n) is 8.38. The highest BCUT2D eigenvalue weighted by Gasteiger charge is 2.36. The minimum absolute atomic E-state index is 0.296. The first-order chi connectivity index (χ1) is 7.30. The molecule has 0 saturated heterocycles. The van der Waals surface area contributed by atoms with Crippen LogP contribution in [0.3, 0.4) is 0 Å². The SMILES string of the molecule is C[C@@H](NC(O)c1ccc(=S)[nH]c1)C(F)(F)F. The molecule has 16 heavy (non-hydrogen) atoms. The van der Waals surface area contributed by atoms with E-state index in [4.69, 9.17) is 12.2 Å². The molecular formula is C9H11F3N2OS. The average Bonchev–Trinajstić information content (AvgIpc) is 2.17. The van der Waals surface area contributed by atoms with Gasteiger partial charge in [0.15, 0.2) is 0 Å². The van der Waals surface area contributed by atoms with Crippen LogP contribution in [0.25, 0.3) is 0 Å². The predicted octanol–water partition coefficient (Wildman–Crippen LogP) is 2.28. The molecule has 0 aliphatic carbocycles. The van der Waals surface area contributed by atoms with Crippen LogP contribution >= 0.6 is 12.2 Å². The number of rotatable bonds is 3. The number of pyridine rings is 1. The molecular weight excluding hydrogens is 241 g/mol. The van der Waals surface area contributed by atoms with Crippen LogP contribution in [0, 0.1) is 4.64 Å². The molecule has 0 radical (unpaired) electrons. The molecule has 3 N–H and O–H groups in total. The van der Waals surface area contributed by atoms with Gasteiger partial charge in [-0.3, -0.25) is 5.32 Å². The second kappa shape index (κ2) is 4.94. The summed E-state index contributed by atoms with van der Waals surface area (Å²) in [5, 5.41) is 11.5. The lowest BCUT2D eigenvalue weighted by Gasteiger charge is -2.21. The Kier molecular flexibility index (Phi) is 4.06. The van der Waals surface area contributed by atoms with Gasteiger partial charge in [0.1, 0.15) is 16.9 Å². The number of H-pyrrole nitrogens is 1. The van der Waals surface area contributed by atoms with Crippen molar-refractivity contribution in [1.82, 2.24) is 10.3 Å². The molecule has 0 spiro atoms. The van der Waals surface area contributed by atoms with Gasteiger partial charge < -0.3 is 10.1 Å². The van der Waals surface area contributed by atoms with Crippen LogP contribution in [-0.4, -0.2) is 22.3 Å². The number of halogens is 3. The highest BCUT2D eigenvalue weighted by atomic mass is 32.1. The van der Waals surface area contributed by atoms with Crippen molar-refractivity contribution >= 4 is 12.2 Å². The van der Waals surface area contributed by atoms with Crippen molar-refractivity contribution in [1.29, 1.82) is 0 Å². The summed E-state index contributed by atoms with van der Waals surface area (Å²) < 4.78 is 37.0. The van der Waals surface area contributed by atoms with Crippen molar-refractivity contribution in [3.63, 3.8) is 0 Å². The third-order valence-electron chi connectivity index (χ3n) is 2.02. The second-order valence-corrected chi connectivity index (χ2v) is 3.76. The fraction of sp³-hybridized carbons (Fsp3) is 0.444. The van der Waals surface area contributed by atoms with Gasteiger partial charge in [0, 0.05) is 11.8 Å². The molecule has 0 aliphatic heterocycles. The highest BCUT2D eigenvalue weighted by Crippen LogP contribution is 2.21. The van der Waals surface area contributed by atoms with Gasteiger partial charge in [-0.15, -0.1) is 0 Å². The molecule has 0 aliphatic rings. The van der Waals surface area contributed by atoms with E-state index in [-0.39, 0.29) is 0 Å². The highest BCUT2D eigenvalue weighted by molar-refractivity contribution is 7.71. The molecule has 90 valence electrons. The first-order valence-electron chi connectivity index (χ1n) is 4.50. The zero-order valence-corrected chi connectivity index (χ0v) is 9.19. The van der Waals surface area contributed by atoms with Gasteiger partial charge in [-0.1, -0.05) is 18.3 Å². The van der Waals surface area contributed by atoms with Gasteiger partial charge in [0.25, 0.3) is 0 Å². The second-order valence-electron chi connectivity index (χ2n) is 3.32. The molecule has 1 aromatic heterocycles. The molecule has 0 fully saturated rings. The Balaban J connectivity index is 2.69. The number of hydrogen-bond donors (Lipinski definition) is 3. The maximum atomic E-state index is 12.2. The topological polar surface area (TPSA) is 48.0 Å². The van der Waals surface area contributed by atoms with Gasteiger partial charge in [0.05, 0.1) is 0 Å². The standard InChI is InChI=1S/C9H11F3N2OS/c1-5(9(10,11)12)14-8(15)6-2-3-7(16)13-4-6/h2-5,8,14-15H,1H3,(H,13,16)/t5-,8?/m1/s1. The van der Waals surface area contributed by atoms with Crippen molar-refractivity contribution in [3.05, 3.63) is 28.5 Å². The summed E-state index contributed by atoms with van der Waals surface area (Å²) in [6, 6.07) is 1.17. The number of aliphatic hydroxyl groups excluding tert-OH is 1. The summed E-state index contributed by atoms with van der Waals surface area (Å²) in [5.74, 6) is 0. The summed E-state index contributed by atoms with van der Waals surface area (Å²) in [7, 11) is 0. The Bertz CT molecular complexity index is 384. The van der Waals surface area contributed by atoms with Gasteiger partial charge in [0.2, 0.25) is 0 Å². The van der Waals surface area contributed by atoms with Crippen molar-refractivity contribution in [2.45, 2.75) is 25.4 Å². The van der Waals surface area contributed by atoms with Gasteiger partial charge in [-0.25, -0.2) is 0 Å². The van der Waals surface area contributed by atoms with Crippen molar-refractivity contribution in [2.24, 2.45) is 0 Å². The monoisotopic (exact) mass is 252 g/mol. The largest absolute Gasteiger partial charge is 0.403 e. The van der Waals surface area contributed by atoms with E-state index in [9.17, 15) is 18.3 Å². The van der Waals surface area contributed by atoms with Crippen LogP contribution in [0.5, 0.6) is 0 Å². The number of aromatic nitrogens is 1. The first-order valence-corrected chi connectivity index (χ1v) is 4.91. The fourth-order valence-corrected chi connectivity index (χ4v) is 1.15. The Morgan fingerprint density at radius 2 is 2.06 bits per heavy atom. The van der Waals surface area contributed by atoms with E-state index in [1.54, 1.807) is 0 Å². The van der Waals surface area contributed by atoms with Gasteiger partial charge in [-0.2, -0.15) is 13.2 Å². The van der Waals surface area contributed by atoms with E-state index < -0.39 is 18.4 Å². The van der Waals surface area contributed by atoms with E-state index in [0.29, 0.717) is 10.2 Å². The number of hydrogen-bond acceptors (Lipinski definition) is 3. The van der Waals surface area contributed by atoms with E-state index in [1.807, 2.05) is 5.32 Å². The molecule has 3 nitrogen and oxygen atoms in total. The van der Waals surface area contributed by atoms with Crippen molar-refractivity contribution in [3.8, 4) is 0 Å². The summed E-state index contributed by atoms with van der Waals surface area (Å²) in [6.45, 7) is 0.939. The van der Waals surface area contributed by atoms with Crippen LogP contribution in [0.4, 0.5) is 13.2 Å². The van der Waals surface area contributed by atoms with E-state index in [2.05, 4.69) is 4.98 Å². The molecule has 1 unspecified atom stereocenters. The van der Waals surface area contributed by atoms with Crippen LogP contribution in [0.15, 0.2) is 18.3 Å².